The van der Waals surface area contributed by atoms with Gasteiger partial charge >= 0.3 is 0 Å². The van der Waals surface area contributed by atoms with Crippen LogP contribution in [0.1, 0.15) is 11.1 Å². The van der Waals surface area contributed by atoms with Crippen LogP contribution in [0.15, 0.2) is 53.4 Å². The number of carbonyl (C=O) groups excluding carboxylic acids is 1. The number of amides is 1. The van der Waals surface area contributed by atoms with Crippen LogP contribution in [-0.4, -0.2) is 49.7 Å². The highest BCUT2D eigenvalue weighted by molar-refractivity contribution is 7.89. The maximum atomic E-state index is 13.8. The van der Waals surface area contributed by atoms with Gasteiger partial charge < -0.3 is 4.90 Å². The Morgan fingerprint density at radius 3 is 2.45 bits per heavy atom. The zero-order valence-electron chi connectivity index (χ0n) is 15.3. The van der Waals surface area contributed by atoms with Crippen molar-refractivity contribution >= 4 is 33.6 Å². The second-order valence-corrected chi connectivity index (χ2v) is 8.62. The minimum atomic E-state index is -3.83. The lowest BCUT2D eigenvalue weighted by molar-refractivity contribution is -0.127. The van der Waals surface area contributed by atoms with Gasteiger partial charge in [0.25, 0.3) is 0 Å². The second-order valence-electron chi connectivity index (χ2n) is 6.31. The van der Waals surface area contributed by atoms with E-state index in [0.29, 0.717) is 0 Å². The van der Waals surface area contributed by atoms with Crippen LogP contribution >= 0.6 is 11.6 Å². The van der Waals surface area contributed by atoms with Gasteiger partial charge in [0, 0.05) is 37.8 Å². The summed E-state index contributed by atoms with van der Waals surface area (Å²) in [5, 5.41) is 9.35. The van der Waals surface area contributed by atoms with Crippen molar-refractivity contribution in [3.63, 3.8) is 0 Å². The maximum Gasteiger partial charge on any atom is 0.246 e. The molecule has 1 heterocycles. The van der Waals surface area contributed by atoms with E-state index in [1.165, 1.54) is 51.7 Å². The molecule has 1 amide bonds. The van der Waals surface area contributed by atoms with Crippen LogP contribution in [0.25, 0.3) is 6.08 Å². The van der Waals surface area contributed by atoms with E-state index in [1.807, 2.05) is 6.07 Å². The molecule has 0 radical (unpaired) electrons. The highest BCUT2D eigenvalue weighted by Gasteiger charge is 2.31. The first-order chi connectivity index (χ1) is 13.8. The summed E-state index contributed by atoms with van der Waals surface area (Å²) < 4.78 is 40.7. The fourth-order valence-corrected chi connectivity index (χ4v) is 4.79. The van der Waals surface area contributed by atoms with Crippen LogP contribution in [0.5, 0.6) is 0 Å². The first-order valence-corrected chi connectivity index (χ1v) is 10.6. The lowest BCUT2D eigenvalue weighted by Gasteiger charge is -2.33. The fourth-order valence-electron chi connectivity index (χ4n) is 3.00. The van der Waals surface area contributed by atoms with Crippen LogP contribution in [-0.2, 0) is 14.8 Å². The number of nitrogens with zero attached hydrogens (tertiary/aromatic N) is 3. The highest BCUT2D eigenvalue weighted by Crippen LogP contribution is 2.22. The lowest BCUT2D eigenvalue weighted by atomic mass is 10.2. The molecule has 1 aliphatic rings. The van der Waals surface area contributed by atoms with E-state index in [4.69, 9.17) is 16.9 Å². The zero-order valence-corrected chi connectivity index (χ0v) is 16.8. The number of rotatable bonds is 4. The lowest BCUT2D eigenvalue weighted by Crippen LogP contribution is -2.50. The summed E-state index contributed by atoms with van der Waals surface area (Å²) in [4.78, 5) is 13.8. The van der Waals surface area contributed by atoms with Crippen molar-refractivity contribution in [3.05, 3.63) is 70.5 Å². The second kappa shape index (κ2) is 8.74. The van der Waals surface area contributed by atoms with Crippen LogP contribution < -0.4 is 0 Å². The Kier molecular flexibility index (Phi) is 6.33. The molecule has 1 saturated heterocycles. The molecule has 0 spiro atoms. The molecular formula is C20H17ClFN3O3S. The summed E-state index contributed by atoms with van der Waals surface area (Å²) in [5.74, 6) is -0.896. The summed E-state index contributed by atoms with van der Waals surface area (Å²) >= 11 is 5.94. The minimum absolute atomic E-state index is 0.0450. The molecule has 1 aliphatic heterocycles. The Morgan fingerprint density at radius 2 is 1.79 bits per heavy atom. The van der Waals surface area contributed by atoms with Crippen molar-refractivity contribution in [3.8, 4) is 6.07 Å². The summed E-state index contributed by atoms with van der Waals surface area (Å²) in [6.45, 7) is 0.564. The third-order valence-electron chi connectivity index (χ3n) is 4.57. The maximum absolute atomic E-state index is 13.8. The molecule has 0 saturated carbocycles. The molecule has 150 valence electrons. The standard InChI is InChI=1S/C20H17ClFN3O3S/c21-17-5-3-6-18(22)16(17)8-9-20(26)24-10-12-25(13-11-24)29(27,28)19-7-2-1-4-15(19)14-23/h1-9H,10-13H2/b9-8+. The van der Waals surface area contributed by atoms with Gasteiger partial charge in [0.2, 0.25) is 15.9 Å². The molecule has 29 heavy (non-hydrogen) atoms. The first kappa shape index (κ1) is 21.0. The van der Waals surface area contributed by atoms with Crippen molar-refractivity contribution in [1.29, 1.82) is 5.26 Å². The first-order valence-electron chi connectivity index (χ1n) is 8.75. The van der Waals surface area contributed by atoms with Crippen molar-refractivity contribution in [2.45, 2.75) is 4.90 Å². The number of nitriles is 1. The summed E-state index contributed by atoms with van der Waals surface area (Å²) in [5.41, 5.74) is 0.201. The topological polar surface area (TPSA) is 81.5 Å². The SMILES string of the molecule is N#Cc1ccccc1S(=O)(=O)N1CCN(C(=O)/C=C/c2c(F)cccc2Cl)CC1. The number of carbonyl (C=O) groups is 1. The molecular weight excluding hydrogens is 417 g/mol. The molecule has 2 aromatic rings. The van der Waals surface area contributed by atoms with E-state index in [0.717, 1.165) is 0 Å². The largest absolute Gasteiger partial charge is 0.337 e. The Balaban J connectivity index is 1.68. The van der Waals surface area contributed by atoms with E-state index >= 15 is 0 Å². The molecule has 6 nitrogen and oxygen atoms in total. The van der Waals surface area contributed by atoms with E-state index in [2.05, 4.69) is 0 Å². The average Bonchev–Trinajstić information content (AvgIpc) is 2.73. The number of hydrogen-bond acceptors (Lipinski definition) is 4. The van der Waals surface area contributed by atoms with Crippen molar-refractivity contribution in [2.24, 2.45) is 0 Å². The normalized spacial score (nSPS) is 15.4. The van der Waals surface area contributed by atoms with Crippen molar-refractivity contribution in [2.75, 3.05) is 26.2 Å². The molecule has 2 aromatic carbocycles. The third-order valence-corrected chi connectivity index (χ3v) is 6.85. The third kappa shape index (κ3) is 4.48. The van der Waals surface area contributed by atoms with Gasteiger partial charge in [-0.1, -0.05) is 29.8 Å². The Labute approximate surface area is 173 Å². The van der Waals surface area contributed by atoms with Crippen LogP contribution in [0.4, 0.5) is 4.39 Å². The van der Waals surface area contributed by atoms with E-state index in [-0.39, 0.29) is 53.1 Å². The Morgan fingerprint density at radius 1 is 1.10 bits per heavy atom. The monoisotopic (exact) mass is 433 g/mol. The molecule has 0 unspecified atom stereocenters. The Bertz CT molecular complexity index is 1080. The van der Waals surface area contributed by atoms with Crippen LogP contribution in [0.2, 0.25) is 5.02 Å². The van der Waals surface area contributed by atoms with Gasteiger partial charge in [-0.15, -0.1) is 0 Å². The molecule has 0 atom stereocenters. The molecule has 0 aromatic heterocycles. The van der Waals surface area contributed by atoms with Gasteiger partial charge in [0.1, 0.15) is 11.9 Å². The Hall–Kier alpha value is -2.73. The van der Waals surface area contributed by atoms with Gasteiger partial charge in [-0.05, 0) is 30.3 Å². The molecule has 0 bridgehead atoms. The summed E-state index contributed by atoms with van der Waals surface area (Å²) in [7, 11) is -3.83. The summed E-state index contributed by atoms with van der Waals surface area (Å²) in [6, 6.07) is 12.1. The van der Waals surface area contributed by atoms with Gasteiger partial charge in [0.05, 0.1) is 15.5 Å². The fraction of sp³-hybridized carbons (Fsp3) is 0.200. The van der Waals surface area contributed by atoms with E-state index in [9.17, 15) is 17.6 Å². The predicted octanol–water partition coefficient (Wildman–Crippen LogP) is 2.90. The smallest absolute Gasteiger partial charge is 0.246 e. The zero-order chi connectivity index (χ0) is 21.0. The number of benzene rings is 2. The van der Waals surface area contributed by atoms with Crippen LogP contribution in [0.3, 0.4) is 0 Å². The van der Waals surface area contributed by atoms with Crippen molar-refractivity contribution < 1.29 is 17.6 Å². The number of halogens is 2. The number of sulfonamides is 1. The quantitative estimate of drug-likeness (QED) is 0.694. The molecule has 9 heteroatoms. The summed E-state index contributed by atoms with van der Waals surface area (Å²) in [6.07, 6.45) is 2.53. The highest BCUT2D eigenvalue weighted by atomic mass is 35.5. The molecule has 3 rings (SSSR count). The minimum Gasteiger partial charge on any atom is -0.337 e. The molecule has 0 aliphatic carbocycles. The van der Waals surface area contributed by atoms with Crippen molar-refractivity contribution in [1.82, 2.24) is 9.21 Å². The van der Waals surface area contributed by atoms with E-state index in [1.54, 1.807) is 12.1 Å². The van der Waals surface area contributed by atoms with Gasteiger partial charge in [-0.25, -0.2) is 12.8 Å². The molecule has 0 N–H and O–H groups in total. The van der Waals surface area contributed by atoms with Gasteiger partial charge in [-0.3, -0.25) is 4.79 Å². The number of piperazine rings is 1. The van der Waals surface area contributed by atoms with E-state index < -0.39 is 15.8 Å². The molecule has 1 fully saturated rings. The predicted molar refractivity (Wildman–Crippen MR) is 107 cm³/mol. The van der Waals surface area contributed by atoms with Crippen LogP contribution in [0, 0.1) is 17.1 Å². The van der Waals surface area contributed by atoms with Gasteiger partial charge in [0.15, 0.2) is 0 Å². The number of hydrogen-bond donors (Lipinski definition) is 0. The van der Waals surface area contributed by atoms with Gasteiger partial charge in [-0.2, -0.15) is 9.57 Å². The average molecular weight is 434 g/mol.